The van der Waals surface area contributed by atoms with Crippen molar-refractivity contribution in [3.8, 4) is 0 Å². The zero-order valence-electron chi connectivity index (χ0n) is 11.3. The minimum absolute atomic E-state index is 0.169. The highest BCUT2D eigenvalue weighted by molar-refractivity contribution is 6.33. The molecule has 2 aromatic rings. The third kappa shape index (κ3) is 3.55. The topological polar surface area (TPSA) is 46.2 Å². The van der Waals surface area contributed by atoms with Crippen LogP contribution in [0.1, 0.15) is 11.1 Å². The summed E-state index contributed by atoms with van der Waals surface area (Å²) >= 11 is 12.2. The van der Waals surface area contributed by atoms with Gasteiger partial charge in [-0.05, 0) is 47.9 Å². The molecule has 0 bridgehead atoms. The highest BCUT2D eigenvalue weighted by Crippen LogP contribution is 2.31. The fraction of sp³-hybridized carbons (Fsp3) is 0.250. The van der Waals surface area contributed by atoms with E-state index in [4.69, 9.17) is 28.9 Å². The lowest BCUT2D eigenvalue weighted by Gasteiger charge is -2.31. The van der Waals surface area contributed by atoms with Crippen molar-refractivity contribution in [1.29, 1.82) is 0 Å². The molecule has 0 saturated carbocycles. The van der Waals surface area contributed by atoms with Gasteiger partial charge in [-0.1, -0.05) is 35.3 Å². The SMILES string of the molecule is NCC(CO)(Cc1cc(Cl)ccc1Cl)c1ccc(F)cc1. The zero-order chi connectivity index (χ0) is 15.5. The van der Waals surface area contributed by atoms with Crippen LogP contribution < -0.4 is 5.73 Å². The summed E-state index contributed by atoms with van der Waals surface area (Å²) in [5.41, 5.74) is 6.74. The normalized spacial score (nSPS) is 14.0. The maximum absolute atomic E-state index is 13.1. The van der Waals surface area contributed by atoms with Crippen molar-refractivity contribution in [3.63, 3.8) is 0 Å². The van der Waals surface area contributed by atoms with E-state index in [1.807, 2.05) is 0 Å². The Hall–Kier alpha value is -1.13. The Bertz CT molecular complexity index is 612. The lowest BCUT2D eigenvalue weighted by atomic mass is 9.76. The van der Waals surface area contributed by atoms with Crippen molar-refractivity contribution in [2.24, 2.45) is 5.73 Å². The van der Waals surface area contributed by atoms with E-state index in [-0.39, 0.29) is 19.0 Å². The van der Waals surface area contributed by atoms with Gasteiger partial charge in [-0.25, -0.2) is 4.39 Å². The summed E-state index contributed by atoms with van der Waals surface area (Å²) in [6.07, 6.45) is 0.422. The smallest absolute Gasteiger partial charge is 0.123 e. The Morgan fingerprint density at radius 2 is 1.76 bits per heavy atom. The highest BCUT2D eigenvalue weighted by Gasteiger charge is 2.31. The first kappa shape index (κ1) is 16.2. The van der Waals surface area contributed by atoms with Gasteiger partial charge in [0.05, 0.1) is 6.61 Å². The summed E-state index contributed by atoms with van der Waals surface area (Å²) in [5.74, 6) is -0.330. The second kappa shape index (κ2) is 6.75. The molecule has 3 N–H and O–H groups in total. The molecule has 21 heavy (non-hydrogen) atoms. The molecule has 0 aliphatic heterocycles. The Morgan fingerprint density at radius 1 is 1.10 bits per heavy atom. The number of hydrogen-bond acceptors (Lipinski definition) is 2. The average Bonchev–Trinajstić information content (AvgIpc) is 2.49. The van der Waals surface area contributed by atoms with Crippen LogP contribution in [0, 0.1) is 5.82 Å². The third-order valence-corrected chi connectivity index (χ3v) is 4.29. The lowest BCUT2D eigenvalue weighted by molar-refractivity contribution is 0.196. The Kier molecular flexibility index (Phi) is 5.22. The van der Waals surface area contributed by atoms with E-state index in [0.717, 1.165) is 11.1 Å². The first-order valence-electron chi connectivity index (χ1n) is 6.52. The predicted molar refractivity (Wildman–Crippen MR) is 84.4 cm³/mol. The molecule has 0 radical (unpaired) electrons. The maximum Gasteiger partial charge on any atom is 0.123 e. The zero-order valence-corrected chi connectivity index (χ0v) is 12.8. The van der Waals surface area contributed by atoms with Crippen LogP contribution in [0.3, 0.4) is 0 Å². The van der Waals surface area contributed by atoms with Gasteiger partial charge in [-0.15, -0.1) is 0 Å². The second-order valence-corrected chi connectivity index (χ2v) is 5.91. The number of hydrogen-bond donors (Lipinski definition) is 2. The molecule has 2 nitrogen and oxygen atoms in total. The molecule has 1 unspecified atom stereocenters. The van der Waals surface area contributed by atoms with Crippen LogP contribution in [0.15, 0.2) is 42.5 Å². The summed E-state index contributed by atoms with van der Waals surface area (Å²) in [4.78, 5) is 0. The highest BCUT2D eigenvalue weighted by atomic mass is 35.5. The standard InChI is InChI=1S/C16H16Cl2FNO/c17-13-3-6-15(18)11(7-13)8-16(9-20,10-21)12-1-4-14(19)5-2-12/h1-7,21H,8-10,20H2. The van der Waals surface area contributed by atoms with Crippen LogP contribution in [0.4, 0.5) is 4.39 Å². The molecular formula is C16H16Cl2FNO. The average molecular weight is 328 g/mol. The van der Waals surface area contributed by atoms with Crippen molar-refractivity contribution in [3.05, 3.63) is 69.5 Å². The molecule has 112 valence electrons. The number of nitrogens with two attached hydrogens (primary N) is 1. The molecule has 1 atom stereocenters. The van der Waals surface area contributed by atoms with Crippen LogP contribution in [0.2, 0.25) is 10.0 Å². The molecule has 0 spiro atoms. The molecule has 2 rings (SSSR count). The number of rotatable bonds is 5. The molecule has 2 aromatic carbocycles. The minimum atomic E-state index is -0.720. The van der Waals surface area contributed by atoms with Gasteiger partial charge in [0.1, 0.15) is 5.82 Å². The van der Waals surface area contributed by atoms with E-state index in [0.29, 0.717) is 16.5 Å². The summed E-state index contributed by atoms with van der Waals surface area (Å²) in [6.45, 7) is 0.0376. The van der Waals surface area contributed by atoms with E-state index >= 15 is 0 Å². The third-order valence-electron chi connectivity index (χ3n) is 3.69. The predicted octanol–water partition coefficient (Wildman–Crippen LogP) is 3.56. The van der Waals surface area contributed by atoms with Crippen molar-refractivity contribution >= 4 is 23.2 Å². The van der Waals surface area contributed by atoms with Gasteiger partial charge in [0.15, 0.2) is 0 Å². The van der Waals surface area contributed by atoms with Gasteiger partial charge in [0.2, 0.25) is 0 Å². The van der Waals surface area contributed by atoms with Gasteiger partial charge >= 0.3 is 0 Å². The molecular weight excluding hydrogens is 312 g/mol. The van der Waals surface area contributed by atoms with E-state index in [9.17, 15) is 9.50 Å². The largest absolute Gasteiger partial charge is 0.395 e. The van der Waals surface area contributed by atoms with E-state index in [2.05, 4.69) is 0 Å². The summed E-state index contributed by atoms with van der Waals surface area (Å²) < 4.78 is 13.1. The summed E-state index contributed by atoms with van der Waals surface area (Å²) in [5, 5.41) is 11.0. The van der Waals surface area contributed by atoms with Crippen LogP contribution in [0.25, 0.3) is 0 Å². The maximum atomic E-state index is 13.1. The van der Waals surface area contributed by atoms with Crippen LogP contribution in [-0.2, 0) is 11.8 Å². The van der Waals surface area contributed by atoms with Crippen molar-refractivity contribution in [2.75, 3.05) is 13.2 Å². The molecule has 0 heterocycles. The van der Waals surface area contributed by atoms with Crippen LogP contribution in [-0.4, -0.2) is 18.3 Å². The molecule has 0 aromatic heterocycles. The van der Waals surface area contributed by atoms with Gasteiger partial charge in [0.25, 0.3) is 0 Å². The first-order chi connectivity index (χ1) is 10.0. The minimum Gasteiger partial charge on any atom is -0.395 e. The van der Waals surface area contributed by atoms with Crippen LogP contribution >= 0.6 is 23.2 Å². The second-order valence-electron chi connectivity index (χ2n) is 5.06. The lowest BCUT2D eigenvalue weighted by Crippen LogP contribution is -2.41. The van der Waals surface area contributed by atoms with Crippen molar-refractivity contribution in [1.82, 2.24) is 0 Å². The number of benzene rings is 2. The van der Waals surface area contributed by atoms with Gasteiger partial charge in [0, 0.05) is 22.0 Å². The van der Waals surface area contributed by atoms with Gasteiger partial charge in [-0.2, -0.15) is 0 Å². The van der Waals surface area contributed by atoms with E-state index < -0.39 is 5.41 Å². The molecule has 0 aliphatic carbocycles. The Labute approximate surface area is 133 Å². The first-order valence-corrected chi connectivity index (χ1v) is 7.27. The monoisotopic (exact) mass is 327 g/mol. The Morgan fingerprint density at radius 3 is 2.33 bits per heavy atom. The molecule has 0 aliphatic rings. The van der Waals surface area contributed by atoms with E-state index in [1.54, 1.807) is 30.3 Å². The van der Waals surface area contributed by atoms with Crippen LogP contribution in [0.5, 0.6) is 0 Å². The van der Waals surface area contributed by atoms with Crippen molar-refractivity contribution in [2.45, 2.75) is 11.8 Å². The summed E-state index contributed by atoms with van der Waals surface area (Å²) in [7, 11) is 0. The Balaban J connectivity index is 2.42. The number of aliphatic hydroxyl groups is 1. The fourth-order valence-electron chi connectivity index (χ4n) is 2.35. The summed E-state index contributed by atoms with van der Waals surface area (Å²) in [6, 6.07) is 11.2. The molecule has 0 saturated heterocycles. The van der Waals surface area contributed by atoms with Gasteiger partial charge < -0.3 is 10.8 Å². The molecule has 0 amide bonds. The molecule has 0 fully saturated rings. The van der Waals surface area contributed by atoms with Gasteiger partial charge in [-0.3, -0.25) is 0 Å². The number of halogens is 3. The fourth-order valence-corrected chi connectivity index (χ4v) is 2.73. The van der Waals surface area contributed by atoms with Crippen molar-refractivity contribution < 1.29 is 9.50 Å². The quantitative estimate of drug-likeness (QED) is 0.881. The number of aliphatic hydroxyl groups excluding tert-OH is 1. The van der Waals surface area contributed by atoms with E-state index in [1.165, 1.54) is 12.1 Å². The molecule has 5 heteroatoms.